The first-order valence-corrected chi connectivity index (χ1v) is 6.17. The molecule has 0 fully saturated rings. The molecule has 0 atom stereocenters. The summed E-state index contributed by atoms with van der Waals surface area (Å²) in [6.07, 6.45) is 0.591. The minimum atomic E-state index is -0.147. The van der Waals surface area contributed by atoms with E-state index >= 15 is 0 Å². The van der Waals surface area contributed by atoms with Crippen LogP contribution in [0.2, 0.25) is 0 Å². The fourth-order valence-corrected chi connectivity index (χ4v) is 1.59. The van der Waals surface area contributed by atoms with E-state index < -0.39 is 0 Å². The zero-order chi connectivity index (χ0) is 13.4. The molecule has 0 heterocycles. The van der Waals surface area contributed by atoms with E-state index in [1.165, 1.54) is 0 Å². The van der Waals surface area contributed by atoms with Gasteiger partial charge in [-0.2, -0.15) is 0 Å². The molecule has 2 amide bonds. The summed E-state index contributed by atoms with van der Waals surface area (Å²) in [7, 11) is 0. The van der Waals surface area contributed by atoms with Crippen molar-refractivity contribution in [3.63, 3.8) is 0 Å². The van der Waals surface area contributed by atoms with Crippen molar-refractivity contribution in [1.29, 1.82) is 0 Å². The normalized spacial score (nSPS) is 10.2. The Morgan fingerprint density at radius 1 is 1.39 bits per heavy atom. The molecule has 1 aromatic rings. The Morgan fingerprint density at radius 3 is 2.56 bits per heavy atom. The lowest BCUT2D eigenvalue weighted by Crippen LogP contribution is -2.35. The zero-order valence-corrected chi connectivity index (χ0v) is 10.7. The summed E-state index contributed by atoms with van der Waals surface area (Å²) in [5.74, 6) is 0. The molecule has 0 saturated heterocycles. The van der Waals surface area contributed by atoms with Crippen molar-refractivity contribution in [2.45, 2.75) is 19.9 Å². The predicted octanol–water partition coefficient (Wildman–Crippen LogP) is 1.38. The predicted molar refractivity (Wildman–Crippen MR) is 72.3 cm³/mol. The monoisotopic (exact) mass is 251 g/mol. The number of aliphatic hydroxyl groups excluding tert-OH is 1. The van der Waals surface area contributed by atoms with Crippen molar-refractivity contribution in [3.8, 4) is 0 Å². The number of hydrogen-bond donors (Lipinski definition) is 3. The molecule has 5 nitrogen and oxygen atoms in total. The van der Waals surface area contributed by atoms with Gasteiger partial charge in [-0.1, -0.05) is 12.1 Å². The van der Waals surface area contributed by atoms with E-state index in [0.717, 1.165) is 11.3 Å². The number of anilines is 1. The van der Waals surface area contributed by atoms with Crippen LogP contribution < -0.4 is 11.1 Å². The maximum Gasteiger partial charge on any atom is 0.321 e. The molecule has 4 N–H and O–H groups in total. The SMILES string of the molecule is CCN(CCCO)C(=O)Nc1ccc(CN)cc1. The number of nitrogens with zero attached hydrogens (tertiary/aromatic N) is 1. The zero-order valence-electron chi connectivity index (χ0n) is 10.7. The highest BCUT2D eigenvalue weighted by Gasteiger charge is 2.10. The molecule has 5 heteroatoms. The third-order valence-corrected chi connectivity index (χ3v) is 2.70. The van der Waals surface area contributed by atoms with E-state index in [9.17, 15) is 4.79 Å². The Balaban J connectivity index is 2.55. The molecule has 0 unspecified atom stereocenters. The number of amides is 2. The van der Waals surface area contributed by atoms with Gasteiger partial charge in [0, 0.05) is 31.9 Å². The first-order valence-electron chi connectivity index (χ1n) is 6.17. The average molecular weight is 251 g/mol. The number of carbonyl (C=O) groups is 1. The highest BCUT2D eigenvalue weighted by atomic mass is 16.3. The summed E-state index contributed by atoms with van der Waals surface area (Å²) in [5.41, 5.74) is 7.28. The van der Waals surface area contributed by atoms with Gasteiger partial charge in [-0.05, 0) is 31.0 Å². The van der Waals surface area contributed by atoms with Crippen molar-refractivity contribution in [2.75, 3.05) is 25.0 Å². The van der Waals surface area contributed by atoms with Crippen molar-refractivity contribution in [1.82, 2.24) is 4.90 Å². The quantitative estimate of drug-likeness (QED) is 0.714. The van der Waals surface area contributed by atoms with Crippen LogP contribution in [0.15, 0.2) is 24.3 Å². The Kier molecular flexibility index (Phi) is 6.18. The van der Waals surface area contributed by atoms with Gasteiger partial charge < -0.3 is 21.1 Å². The molecule has 0 radical (unpaired) electrons. The van der Waals surface area contributed by atoms with E-state index in [-0.39, 0.29) is 12.6 Å². The lowest BCUT2D eigenvalue weighted by atomic mass is 10.2. The Labute approximate surface area is 108 Å². The van der Waals surface area contributed by atoms with Gasteiger partial charge in [0.1, 0.15) is 0 Å². The fourth-order valence-electron chi connectivity index (χ4n) is 1.59. The van der Waals surface area contributed by atoms with Gasteiger partial charge >= 0.3 is 6.03 Å². The number of urea groups is 1. The van der Waals surface area contributed by atoms with E-state index in [1.54, 1.807) is 4.90 Å². The van der Waals surface area contributed by atoms with Crippen molar-refractivity contribution < 1.29 is 9.90 Å². The third-order valence-electron chi connectivity index (χ3n) is 2.70. The van der Waals surface area contributed by atoms with Crippen LogP contribution in [0.5, 0.6) is 0 Å². The van der Waals surface area contributed by atoms with Gasteiger partial charge in [-0.15, -0.1) is 0 Å². The Morgan fingerprint density at radius 2 is 2.06 bits per heavy atom. The maximum atomic E-state index is 11.9. The van der Waals surface area contributed by atoms with E-state index in [2.05, 4.69) is 5.32 Å². The highest BCUT2D eigenvalue weighted by Crippen LogP contribution is 2.10. The molecular formula is C13H21N3O2. The molecule has 100 valence electrons. The molecule has 0 aromatic heterocycles. The van der Waals surface area contributed by atoms with Crippen molar-refractivity contribution >= 4 is 11.7 Å². The smallest absolute Gasteiger partial charge is 0.321 e. The topological polar surface area (TPSA) is 78.6 Å². The van der Waals surface area contributed by atoms with Gasteiger partial charge in [0.05, 0.1) is 0 Å². The number of carbonyl (C=O) groups excluding carboxylic acids is 1. The summed E-state index contributed by atoms with van der Waals surface area (Å²) in [4.78, 5) is 13.6. The second-order valence-corrected chi connectivity index (χ2v) is 3.99. The Hall–Kier alpha value is -1.59. The van der Waals surface area contributed by atoms with Crippen LogP contribution in [0, 0.1) is 0 Å². The Bertz CT molecular complexity index is 365. The number of hydrogen-bond acceptors (Lipinski definition) is 3. The van der Waals surface area contributed by atoms with Crippen molar-refractivity contribution in [2.24, 2.45) is 5.73 Å². The summed E-state index contributed by atoms with van der Waals surface area (Å²) >= 11 is 0. The molecule has 0 aliphatic rings. The lowest BCUT2D eigenvalue weighted by molar-refractivity contribution is 0.205. The minimum absolute atomic E-state index is 0.0922. The van der Waals surface area contributed by atoms with Gasteiger partial charge in [-0.3, -0.25) is 0 Å². The largest absolute Gasteiger partial charge is 0.396 e. The van der Waals surface area contributed by atoms with Crippen LogP contribution in [0.25, 0.3) is 0 Å². The van der Waals surface area contributed by atoms with Gasteiger partial charge in [0.2, 0.25) is 0 Å². The van der Waals surface area contributed by atoms with Crippen LogP contribution in [-0.2, 0) is 6.54 Å². The van der Waals surface area contributed by atoms with E-state index in [4.69, 9.17) is 10.8 Å². The van der Waals surface area contributed by atoms with Crippen molar-refractivity contribution in [3.05, 3.63) is 29.8 Å². The molecule has 0 aliphatic heterocycles. The lowest BCUT2D eigenvalue weighted by Gasteiger charge is -2.21. The van der Waals surface area contributed by atoms with Crippen LogP contribution >= 0.6 is 0 Å². The van der Waals surface area contributed by atoms with Crippen LogP contribution in [0.1, 0.15) is 18.9 Å². The molecule has 0 spiro atoms. The number of aliphatic hydroxyl groups is 1. The first kappa shape index (κ1) is 14.5. The molecular weight excluding hydrogens is 230 g/mol. The van der Waals surface area contributed by atoms with Gasteiger partial charge in [0.15, 0.2) is 0 Å². The van der Waals surface area contributed by atoms with Crippen LogP contribution in [0.4, 0.5) is 10.5 Å². The molecule has 0 saturated carbocycles. The number of nitrogens with two attached hydrogens (primary N) is 1. The minimum Gasteiger partial charge on any atom is -0.396 e. The van der Waals surface area contributed by atoms with Gasteiger partial charge in [-0.25, -0.2) is 4.79 Å². The maximum absolute atomic E-state index is 11.9. The van der Waals surface area contributed by atoms with E-state index in [1.807, 2.05) is 31.2 Å². The van der Waals surface area contributed by atoms with Crippen LogP contribution in [-0.4, -0.2) is 35.7 Å². The molecule has 1 rings (SSSR count). The second kappa shape index (κ2) is 7.68. The first-order chi connectivity index (χ1) is 8.71. The molecule has 1 aromatic carbocycles. The summed E-state index contributed by atoms with van der Waals surface area (Å²) < 4.78 is 0. The molecule has 18 heavy (non-hydrogen) atoms. The highest BCUT2D eigenvalue weighted by molar-refractivity contribution is 5.89. The van der Waals surface area contributed by atoms with Gasteiger partial charge in [0.25, 0.3) is 0 Å². The summed E-state index contributed by atoms with van der Waals surface area (Å²) in [6, 6.07) is 7.30. The third kappa shape index (κ3) is 4.35. The second-order valence-electron chi connectivity index (χ2n) is 3.99. The molecule has 0 bridgehead atoms. The number of nitrogens with one attached hydrogen (secondary N) is 1. The summed E-state index contributed by atoms with van der Waals surface area (Å²) in [5, 5.41) is 11.6. The standard InChI is InChI=1S/C13H21N3O2/c1-2-16(8-3-9-17)13(18)15-12-6-4-11(10-14)5-7-12/h4-7,17H,2-3,8-10,14H2,1H3,(H,15,18). The molecule has 0 aliphatic carbocycles. The fraction of sp³-hybridized carbons (Fsp3) is 0.462. The van der Waals surface area contributed by atoms with E-state index in [0.29, 0.717) is 26.1 Å². The number of rotatable bonds is 6. The summed E-state index contributed by atoms with van der Waals surface area (Å²) in [6.45, 7) is 3.67. The average Bonchev–Trinajstić information content (AvgIpc) is 2.40. The number of benzene rings is 1. The van der Waals surface area contributed by atoms with Crippen LogP contribution in [0.3, 0.4) is 0 Å².